The minimum Gasteiger partial charge on any atom is -0.496 e. The Bertz CT molecular complexity index is 1430. The van der Waals surface area contributed by atoms with Crippen LogP contribution in [-0.2, 0) is 0 Å². The van der Waals surface area contributed by atoms with Crippen molar-refractivity contribution in [3.63, 3.8) is 0 Å². The van der Waals surface area contributed by atoms with Crippen molar-refractivity contribution in [1.82, 2.24) is 0 Å². The predicted octanol–water partition coefficient (Wildman–Crippen LogP) is 7.71. The van der Waals surface area contributed by atoms with E-state index >= 15 is 0 Å². The molecule has 4 aromatic rings. The van der Waals surface area contributed by atoms with Crippen molar-refractivity contribution >= 4 is 11.3 Å². The standard InChI is InChI=1S/C30H27NO3/c1-18-17-30(2,3)31-22-14-13-21-27-24(32-4)10-6-11-25(27)34-29(28(21)26(18)22)20-9-5-8-19(16-20)23-12-7-15-33-23/h5-17,29,31H,1-4H3. The Kier molecular flexibility index (Phi) is 4.59. The summed E-state index contributed by atoms with van der Waals surface area (Å²) in [6, 6.07) is 22.7. The first-order valence-electron chi connectivity index (χ1n) is 11.6. The SMILES string of the molecule is COc1cccc2c1-c1ccc3c(c1C(c1cccc(-c4ccco4)c1)O2)C(C)=CC(C)(C)N3. The monoisotopic (exact) mass is 449 g/mol. The van der Waals surface area contributed by atoms with Gasteiger partial charge in [-0.15, -0.1) is 0 Å². The lowest BCUT2D eigenvalue weighted by atomic mass is 9.80. The summed E-state index contributed by atoms with van der Waals surface area (Å²) < 4.78 is 18.2. The van der Waals surface area contributed by atoms with Crippen LogP contribution in [0.5, 0.6) is 11.5 Å². The fraction of sp³-hybridized carbons (Fsp3) is 0.200. The van der Waals surface area contributed by atoms with Gasteiger partial charge in [-0.25, -0.2) is 0 Å². The molecule has 1 aromatic heterocycles. The van der Waals surface area contributed by atoms with Crippen molar-refractivity contribution in [1.29, 1.82) is 0 Å². The largest absolute Gasteiger partial charge is 0.496 e. The Balaban J connectivity index is 1.62. The van der Waals surface area contributed by atoms with E-state index in [2.05, 4.69) is 68.6 Å². The van der Waals surface area contributed by atoms with Crippen LogP contribution in [0.2, 0.25) is 0 Å². The number of ether oxygens (including phenoxy) is 2. The van der Waals surface area contributed by atoms with Crippen molar-refractivity contribution in [3.05, 3.63) is 95.8 Å². The topological polar surface area (TPSA) is 43.6 Å². The van der Waals surface area contributed by atoms with Gasteiger partial charge in [0, 0.05) is 22.4 Å². The van der Waals surface area contributed by atoms with Crippen LogP contribution in [0.3, 0.4) is 0 Å². The zero-order valence-corrected chi connectivity index (χ0v) is 19.8. The van der Waals surface area contributed by atoms with E-state index in [0.29, 0.717) is 0 Å². The van der Waals surface area contributed by atoms with E-state index in [4.69, 9.17) is 13.9 Å². The quantitative estimate of drug-likeness (QED) is 0.348. The molecule has 1 atom stereocenters. The van der Waals surface area contributed by atoms with Crippen molar-refractivity contribution < 1.29 is 13.9 Å². The van der Waals surface area contributed by atoms with Crippen LogP contribution < -0.4 is 14.8 Å². The van der Waals surface area contributed by atoms with Gasteiger partial charge in [0.25, 0.3) is 0 Å². The summed E-state index contributed by atoms with van der Waals surface area (Å²) >= 11 is 0. The summed E-state index contributed by atoms with van der Waals surface area (Å²) in [4.78, 5) is 0. The van der Waals surface area contributed by atoms with Gasteiger partial charge in [-0.2, -0.15) is 0 Å². The third kappa shape index (κ3) is 3.21. The summed E-state index contributed by atoms with van der Waals surface area (Å²) in [5, 5.41) is 3.70. The zero-order chi connectivity index (χ0) is 23.4. The molecule has 0 spiro atoms. The minimum absolute atomic E-state index is 0.120. The minimum atomic E-state index is -0.272. The molecule has 3 aromatic carbocycles. The molecular weight excluding hydrogens is 422 g/mol. The van der Waals surface area contributed by atoms with Gasteiger partial charge in [0.15, 0.2) is 6.10 Å². The molecule has 1 N–H and O–H groups in total. The molecule has 1 unspecified atom stereocenters. The van der Waals surface area contributed by atoms with Gasteiger partial charge in [-0.05, 0) is 73.9 Å². The smallest absolute Gasteiger partial charge is 0.150 e. The molecule has 0 saturated heterocycles. The molecule has 0 bridgehead atoms. The van der Waals surface area contributed by atoms with E-state index in [1.807, 2.05) is 30.3 Å². The summed E-state index contributed by atoms with van der Waals surface area (Å²) in [7, 11) is 1.71. The average Bonchev–Trinajstić information content (AvgIpc) is 3.37. The Morgan fingerprint density at radius 3 is 2.59 bits per heavy atom. The third-order valence-corrected chi connectivity index (χ3v) is 6.65. The maximum atomic E-state index is 6.76. The lowest BCUT2D eigenvalue weighted by Crippen LogP contribution is -2.32. The van der Waals surface area contributed by atoms with E-state index in [9.17, 15) is 0 Å². The third-order valence-electron chi connectivity index (χ3n) is 6.65. The second kappa shape index (κ2) is 7.56. The van der Waals surface area contributed by atoms with E-state index in [0.717, 1.165) is 50.8 Å². The molecular formula is C30H27NO3. The summed E-state index contributed by atoms with van der Waals surface area (Å²) in [6.45, 7) is 6.58. The molecule has 2 aliphatic heterocycles. The average molecular weight is 450 g/mol. The fourth-order valence-corrected chi connectivity index (χ4v) is 5.40. The van der Waals surface area contributed by atoms with Gasteiger partial charge in [0.05, 0.1) is 24.5 Å². The number of benzene rings is 3. The highest BCUT2D eigenvalue weighted by Crippen LogP contribution is 2.53. The van der Waals surface area contributed by atoms with Crippen molar-refractivity contribution in [2.24, 2.45) is 0 Å². The zero-order valence-electron chi connectivity index (χ0n) is 19.8. The van der Waals surface area contributed by atoms with Gasteiger partial charge < -0.3 is 19.2 Å². The molecule has 34 heavy (non-hydrogen) atoms. The second-order valence-corrected chi connectivity index (χ2v) is 9.56. The molecule has 0 fully saturated rings. The molecule has 0 amide bonds. The normalized spacial score (nSPS) is 17.4. The molecule has 0 aliphatic carbocycles. The van der Waals surface area contributed by atoms with Gasteiger partial charge in [0.1, 0.15) is 17.3 Å². The first-order chi connectivity index (χ1) is 16.4. The maximum absolute atomic E-state index is 6.76. The van der Waals surface area contributed by atoms with Gasteiger partial charge in [-0.3, -0.25) is 0 Å². The van der Waals surface area contributed by atoms with E-state index in [-0.39, 0.29) is 11.6 Å². The van der Waals surface area contributed by atoms with Crippen LogP contribution in [0.15, 0.2) is 83.5 Å². The number of furan rings is 1. The highest BCUT2D eigenvalue weighted by molar-refractivity contribution is 5.92. The number of rotatable bonds is 3. The second-order valence-electron chi connectivity index (χ2n) is 9.56. The number of methoxy groups -OCH3 is 1. The lowest BCUT2D eigenvalue weighted by molar-refractivity contribution is 0.242. The lowest BCUT2D eigenvalue weighted by Gasteiger charge is -2.37. The number of anilines is 1. The van der Waals surface area contributed by atoms with Crippen LogP contribution >= 0.6 is 0 Å². The molecule has 4 heteroatoms. The number of hydrogen-bond donors (Lipinski definition) is 1. The molecule has 2 aliphatic rings. The van der Waals surface area contributed by atoms with Crippen LogP contribution in [0.25, 0.3) is 28.0 Å². The molecule has 6 rings (SSSR count). The maximum Gasteiger partial charge on any atom is 0.150 e. The summed E-state index contributed by atoms with van der Waals surface area (Å²) in [6.07, 6.45) is 3.73. The Morgan fingerprint density at radius 2 is 1.79 bits per heavy atom. The van der Waals surface area contributed by atoms with Gasteiger partial charge >= 0.3 is 0 Å². The first-order valence-corrected chi connectivity index (χ1v) is 11.6. The number of nitrogens with one attached hydrogen (secondary N) is 1. The van der Waals surface area contributed by atoms with Crippen LogP contribution in [-0.4, -0.2) is 12.6 Å². The highest BCUT2D eigenvalue weighted by atomic mass is 16.5. The van der Waals surface area contributed by atoms with Crippen LogP contribution in [0.1, 0.15) is 43.6 Å². The molecule has 0 radical (unpaired) electrons. The molecule has 4 nitrogen and oxygen atoms in total. The summed E-state index contributed by atoms with van der Waals surface area (Å²) in [5.74, 6) is 2.48. The van der Waals surface area contributed by atoms with Crippen molar-refractivity contribution in [3.8, 4) is 33.9 Å². The molecule has 3 heterocycles. The van der Waals surface area contributed by atoms with E-state index < -0.39 is 0 Å². The van der Waals surface area contributed by atoms with Gasteiger partial charge in [-0.1, -0.05) is 36.4 Å². The summed E-state index contributed by atoms with van der Waals surface area (Å²) in [5.41, 5.74) is 8.84. The first kappa shape index (κ1) is 20.7. The van der Waals surface area contributed by atoms with E-state index in [1.54, 1.807) is 13.4 Å². The predicted molar refractivity (Wildman–Crippen MR) is 136 cm³/mol. The van der Waals surface area contributed by atoms with Crippen LogP contribution in [0.4, 0.5) is 5.69 Å². The highest BCUT2D eigenvalue weighted by Gasteiger charge is 2.35. The number of hydrogen-bond acceptors (Lipinski definition) is 4. The van der Waals surface area contributed by atoms with Crippen LogP contribution in [0, 0.1) is 0 Å². The Labute approximate surface area is 199 Å². The van der Waals surface area contributed by atoms with Gasteiger partial charge in [0.2, 0.25) is 0 Å². The Morgan fingerprint density at radius 1 is 0.941 bits per heavy atom. The molecule has 0 saturated carbocycles. The fourth-order valence-electron chi connectivity index (χ4n) is 5.40. The van der Waals surface area contributed by atoms with Crippen molar-refractivity contribution in [2.75, 3.05) is 12.4 Å². The number of fused-ring (bicyclic) bond motifs is 5. The van der Waals surface area contributed by atoms with E-state index in [1.165, 1.54) is 11.1 Å². The molecule has 170 valence electrons. The Hall–Kier alpha value is -3.92. The number of allylic oxidation sites excluding steroid dienone is 1. The van der Waals surface area contributed by atoms with Crippen molar-refractivity contribution in [2.45, 2.75) is 32.4 Å².